The van der Waals surface area contributed by atoms with Gasteiger partial charge < -0.3 is 9.47 Å². The fraction of sp³-hybridized carbons (Fsp3) is 0.387. The van der Waals surface area contributed by atoms with Gasteiger partial charge in [0.25, 0.3) is 0 Å². The zero-order valence-electron chi connectivity index (χ0n) is 21.0. The van der Waals surface area contributed by atoms with Crippen molar-refractivity contribution in [2.45, 2.75) is 71.6 Å². The van der Waals surface area contributed by atoms with Gasteiger partial charge in [-0.3, -0.25) is 0 Å². The fourth-order valence-electron chi connectivity index (χ4n) is 3.98. The molecule has 0 amide bonds. The Hall–Kier alpha value is -3.14. The van der Waals surface area contributed by atoms with Crippen molar-refractivity contribution in [3.8, 4) is 22.6 Å². The van der Waals surface area contributed by atoms with Gasteiger partial charge in [0.05, 0.1) is 12.2 Å². The van der Waals surface area contributed by atoms with Crippen LogP contribution in [0.15, 0.2) is 66.7 Å². The fourth-order valence-corrected chi connectivity index (χ4v) is 3.98. The van der Waals surface area contributed by atoms with Crippen LogP contribution in [0.5, 0.6) is 11.5 Å². The number of aryl methyl sites for hydroxylation is 1. The second-order valence-electron chi connectivity index (χ2n) is 8.93. The molecule has 0 aliphatic carbocycles. The van der Waals surface area contributed by atoms with Crippen molar-refractivity contribution in [1.29, 1.82) is 0 Å². The zero-order valence-corrected chi connectivity index (χ0v) is 21.0. The maximum absolute atomic E-state index is 14.4. The summed E-state index contributed by atoms with van der Waals surface area (Å²) in [5.41, 5.74) is 3.81. The molecule has 3 aromatic rings. The summed E-state index contributed by atoms with van der Waals surface area (Å²) in [5.74, 6) is -0.706. The monoisotopic (exact) mass is 476 g/mol. The zero-order chi connectivity index (χ0) is 24.9. The Labute approximate surface area is 209 Å². The molecule has 0 fully saturated rings. The molecule has 0 N–H and O–H groups in total. The Balaban J connectivity index is 1.45. The van der Waals surface area contributed by atoms with E-state index < -0.39 is 11.8 Å². The van der Waals surface area contributed by atoms with Crippen molar-refractivity contribution in [3.63, 3.8) is 0 Å². The summed E-state index contributed by atoms with van der Waals surface area (Å²) < 4.78 is 25.4. The summed E-state index contributed by atoms with van der Waals surface area (Å²) in [5, 5.41) is 0. The Morgan fingerprint density at radius 1 is 0.743 bits per heavy atom. The van der Waals surface area contributed by atoms with Gasteiger partial charge in [-0.2, -0.15) is 0 Å². The van der Waals surface area contributed by atoms with Crippen LogP contribution < -0.4 is 9.47 Å². The Bertz CT molecular complexity index is 1040. The number of benzene rings is 3. The van der Waals surface area contributed by atoms with E-state index in [2.05, 4.69) is 38.1 Å². The van der Waals surface area contributed by atoms with E-state index >= 15 is 0 Å². The van der Waals surface area contributed by atoms with Gasteiger partial charge in [-0.25, -0.2) is 9.18 Å². The van der Waals surface area contributed by atoms with Crippen molar-refractivity contribution >= 4 is 5.97 Å². The molecule has 0 aromatic heterocycles. The van der Waals surface area contributed by atoms with E-state index in [-0.39, 0.29) is 11.5 Å². The largest absolute Gasteiger partial charge is 0.491 e. The first-order valence-corrected chi connectivity index (χ1v) is 12.9. The summed E-state index contributed by atoms with van der Waals surface area (Å²) in [4.78, 5) is 12.5. The second-order valence-corrected chi connectivity index (χ2v) is 8.93. The first kappa shape index (κ1) is 26.5. The molecule has 0 bridgehead atoms. The van der Waals surface area contributed by atoms with E-state index in [0.29, 0.717) is 12.2 Å². The molecule has 0 saturated carbocycles. The predicted molar refractivity (Wildman–Crippen MR) is 141 cm³/mol. The van der Waals surface area contributed by atoms with Gasteiger partial charge in [0, 0.05) is 6.07 Å². The van der Waals surface area contributed by atoms with Crippen LogP contribution in [0.2, 0.25) is 0 Å². The van der Waals surface area contributed by atoms with Gasteiger partial charge in [0.15, 0.2) is 11.6 Å². The quantitative estimate of drug-likeness (QED) is 0.132. The molecule has 0 unspecified atom stereocenters. The average molecular weight is 477 g/mol. The van der Waals surface area contributed by atoms with Crippen LogP contribution in [-0.2, 0) is 6.42 Å². The van der Waals surface area contributed by atoms with Crippen LogP contribution >= 0.6 is 0 Å². The number of unbranched alkanes of at least 4 members (excludes halogenated alkanes) is 7. The third-order valence-electron chi connectivity index (χ3n) is 6.19. The van der Waals surface area contributed by atoms with Crippen molar-refractivity contribution in [3.05, 3.63) is 83.7 Å². The second kappa shape index (κ2) is 14.3. The molecule has 3 nitrogen and oxygen atoms in total. The summed E-state index contributed by atoms with van der Waals surface area (Å²) in [6.45, 7) is 4.83. The number of halogens is 1. The lowest BCUT2D eigenvalue weighted by Crippen LogP contribution is -2.08. The first-order chi connectivity index (χ1) is 17.1. The lowest BCUT2D eigenvalue weighted by atomic mass is 10.0. The molecule has 0 aliphatic rings. The van der Waals surface area contributed by atoms with E-state index in [1.807, 2.05) is 12.1 Å². The van der Waals surface area contributed by atoms with Crippen LogP contribution in [0.1, 0.15) is 81.1 Å². The number of rotatable bonds is 14. The molecule has 0 aliphatic heterocycles. The number of hydrogen-bond donors (Lipinski definition) is 0. The minimum absolute atomic E-state index is 0.158. The van der Waals surface area contributed by atoms with Crippen LogP contribution in [0.4, 0.5) is 4.39 Å². The normalized spacial score (nSPS) is 10.8. The maximum Gasteiger partial charge on any atom is 0.343 e. The van der Waals surface area contributed by atoms with Gasteiger partial charge in [-0.05, 0) is 53.8 Å². The van der Waals surface area contributed by atoms with Gasteiger partial charge in [-0.15, -0.1) is 0 Å². The number of carbonyl (C=O) groups is 1. The summed E-state index contributed by atoms with van der Waals surface area (Å²) in [6.07, 6.45) is 10.6. The molecule has 3 rings (SSSR count). The van der Waals surface area contributed by atoms with Crippen molar-refractivity contribution in [2.75, 3.05) is 6.61 Å². The SMILES string of the molecule is CCCCCCCCCCOc1ccc(OC(=O)c2ccc(-c3ccc(CC)cc3)cc2)cc1F. The van der Waals surface area contributed by atoms with Crippen LogP contribution in [0, 0.1) is 5.82 Å². The number of esters is 1. The molecule has 0 heterocycles. The van der Waals surface area contributed by atoms with Gasteiger partial charge >= 0.3 is 5.97 Å². The van der Waals surface area contributed by atoms with Crippen molar-refractivity contribution in [1.82, 2.24) is 0 Å². The topological polar surface area (TPSA) is 35.5 Å². The molecule has 0 saturated heterocycles. The first-order valence-electron chi connectivity index (χ1n) is 12.9. The Morgan fingerprint density at radius 3 is 1.94 bits per heavy atom. The van der Waals surface area contributed by atoms with E-state index in [4.69, 9.17) is 9.47 Å². The molecular formula is C31H37FO3. The molecule has 186 valence electrons. The summed E-state index contributed by atoms with van der Waals surface area (Å²) >= 11 is 0. The third-order valence-corrected chi connectivity index (χ3v) is 6.19. The highest BCUT2D eigenvalue weighted by atomic mass is 19.1. The van der Waals surface area contributed by atoms with Crippen LogP contribution in [0.3, 0.4) is 0 Å². The summed E-state index contributed by atoms with van der Waals surface area (Å²) in [6, 6.07) is 19.9. The summed E-state index contributed by atoms with van der Waals surface area (Å²) in [7, 11) is 0. The highest BCUT2D eigenvalue weighted by Gasteiger charge is 2.12. The number of ether oxygens (including phenoxy) is 2. The van der Waals surface area contributed by atoms with Gasteiger partial charge in [0.1, 0.15) is 5.75 Å². The minimum Gasteiger partial charge on any atom is -0.491 e. The average Bonchev–Trinajstić information content (AvgIpc) is 2.89. The van der Waals surface area contributed by atoms with E-state index in [9.17, 15) is 9.18 Å². The molecule has 4 heteroatoms. The lowest BCUT2D eigenvalue weighted by molar-refractivity contribution is 0.0734. The van der Waals surface area contributed by atoms with Crippen molar-refractivity contribution < 1.29 is 18.7 Å². The van der Waals surface area contributed by atoms with Gasteiger partial charge in [0.2, 0.25) is 0 Å². The smallest absolute Gasteiger partial charge is 0.343 e. The van der Waals surface area contributed by atoms with E-state index in [1.54, 1.807) is 18.2 Å². The van der Waals surface area contributed by atoms with E-state index in [0.717, 1.165) is 30.4 Å². The van der Waals surface area contributed by atoms with E-state index in [1.165, 1.54) is 56.2 Å². The van der Waals surface area contributed by atoms with Crippen LogP contribution in [-0.4, -0.2) is 12.6 Å². The highest BCUT2D eigenvalue weighted by molar-refractivity contribution is 5.91. The molecule has 35 heavy (non-hydrogen) atoms. The highest BCUT2D eigenvalue weighted by Crippen LogP contribution is 2.25. The molecule has 3 aromatic carbocycles. The Morgan fingerprint density at radius 2 is 1.34 bits per heavy atom. The minimum atomic E-state index is -0.527. The Kier molecular flexibility index (Phi) is 10.8. The van der Waals surface area contributed by atoms with Crippen LogP contribution in [0.25, 0.3) is 11.1 Å². The predicted octanol–water partition coefficient (Wildman–Crippen LogP) is 8.79. The standard InChI is InChI=1S/C31H37FO3/c1-3-5-6-7-8-9-10-11-22-34-30-21-20-28(23-29(30)32)35-31(33)27-18-16-26(17-19-27)25-14-12-24(4-2)13-15-25/h12-21,23H,3-11,22H2,1-2H3. The number of carbonyl (C=O) groups excluding carboxylic acids is 1. The van der Waals surface area contributed by atoms with Gasteiger partial charge in [-0.1, -0.05) is 95.2 Å². The molecule has 0 spiro atoms. The van der Waals surface area contributed by atoms with Crippen molar-refractivity contribution in [2.24, 2.45) is 0 Å². The molecule has 0 radical (unpaired) electrons. The molecular weight excluding hydrogens is 439 g/mol. The lowest BCUT2D eigenvalue weighted by Gasteiger charge is -2.10. The maximum atomic E-state index is 14.4. The number of hydrogen-bond acceptors (Lipinski definition) is 3. The third kappa shape index (κ3) is 8.54. The molecule has 0 atom stereocenters.